The fourth-order valence-corrected chi connectivity index (χ4v) is 5.39. The summed E-state index contributed by atoms with van der Waals surface area (Å²) < 4.78 is 3.84. The van der Waals surface area contributed by atoms with Crippen molar-refractivity contribution >= 4 is 48.6 Å². The second-order valence-electron chi connectivity index (χ2n) is 9.04. The van der Waals surface area contributed by atoms with Crippen LogP contribution in [0.1, 0.15) is 5.56 Å². The molecule has 1 fully saturated rings. The number of aryl methyl sites for hydroxylation is 2. The van der Waals surface area contributed by atoms with Crippen molar-refractivity contribution in [3.8, 4) is 16.9 Å². The van der Waals surface area contributed by atoms with Crippen molar-refractivity contribution in [3.05, 3.63) is 60.4 Å². The Balaban J connectivity index is 1.46. The van der Waals surface area contributed by atoms with Crippen molar-refractivity contribution in [2.75, 3.05) is 31.1 Å². The number of rotatable bonds is 4. The molecule has 176 valence electrons. The zero-order chi connectivity index (χ0) is 24.1. The predicted molar refractivity (Wildman–Crippen MR) is 143 cm³/mol. The van der Waals surface area contributed by atoms with Gasteiger partial charge in [0.15, 0.2) is 0 Å². The summed E-state index contributed by atoms with van der Waals surface area (Å²) in [5.74, 6) is 0.917. The number of hydrogen-bond donors (Lipinski definition) is 0. The van der Waals surface area contributed by atoms with Crippen molar-refractivity contribution in [2.24, 2.45) is 7.05 Å². The van der Waals surface area contributed by atoms with Crippen LogP contribution in [-0.4, -0.2) is 62.0 Å². The summed E-state index contributed by atoms with van der Waals surface area (Å²) in [6.45, 7) is 5.13. The van der Waals surface area contributed by atoms with Gasteiger partial charge in [0.25, 0.3) is 0 Å². The molecule has 0 radical (unpaired) electrons. The zero-order valence-corrected chi connectivity index (χ0v) is 20.9. The van der Waals surface area contributed by atoms with Gasteiger partial charge in [0, 0.05) is 55.8 Å². The summed E-state index contributed by atoms with van der Waals surface area (Å²) in [4.78, 5) is 19.8. The minimum atomic E-state index is 0.719. The molecule has 1 saturated heterocycles. The predicted octanol–water partition coefficient (Wildman–Crippen LogP) is 3.06. The molecule has 0 saturated carbocycles. The molecular weight excluding hydrogens is 457 g/mol. The Kier molecular flexibility index (Phi) is 5.26. The number of anilines is 1. The molecule has 9 heteroatoms. The van der Waals surface area contributed by atoms with Crippen molar-refractivity contribution in [2.45, 2.75) is 6.92 Å². The number of aromatic nitrogens is 5. The number of fused-ring (bicyclic) bond motifs is 2. The molecule has 1 aliphatic heterocycles. The molecule has 3 aromatic heterocycles. The molecule has 0 spiro atoms. The van der Waals surface area contributed by atoms with Gasteiger partial charge in [-0.05, 0) is 48.1 Å². The number of benzene rings is 2. The number of pyridine rings is 1. The third kappa shape index (κ3) is 3.74. The standard InChI is InChI=1S/C26H26N7OP/c1-17-12-19(35)13-21-25(20-4-3-5-23-22(20)15-30(2)28-23)29-33(26(17)21)18-6-7-24(27-14-18)32-10-8-31(16-34)9-11-32/h3-7,12-16H,8-11,35H2,1-2H3. The topological polar surface area (TPSA) is 72.1 Å². The molecule has 4 heterocycles. The minimum Gasteiger partial charge on any atom is -0.353 e. The van der Waals surface area contributed by atoms with Crippen LogP contribution < -0.4 is 10.2 Å². The largest absolute Gasteiger partial charge is 0.353 e. The Labute approximate surface area is 205 Å². The maximum atomic E-state index is 11.0. The maximum Gasteiger partial charge on any atom is 0.209 e. The van der Waals surface area contributed by atoms with E-state index in [1.165, 1.54) is 0 Å². The molecule has 0 aliphatic carbocycles. The Hall–Kier alpha value is -3.77. The van der Waals surface area contributed by atoms with Gasteiger partial charge in [-0.15, -0.1) is 9.24 Å². The molecular formula is C26H26N7OP. The van der Waals surface area contributed by atoms with E-state index in [2.05, 4.69) is 50.4 Å². The lowest BCUT2D eigenvalue weighted by Gasteiger charge is -2.33. The highest BCUT2D eigenvalue weighted by Crippen LogP contribution is 2.35. The fraction of sp³-hybridized carbons (Fsp3) is 0.231. The molecule has 6 rings (SSSR count). The minimum absolute atomic E-state index is 0.719. The van der Waals surface area contributed by atoms with Gasteiger partial charge in [-0.1, -0.05) is 12.1 Å². The Bertz CT molecular complexity index is 1560. The van der Waals surface area contributed by atoms with Crippen LogP contribution in [0.15, 0.2) is 54.9 Å². The van der Waals surface area contributed by atoms with Crippen LogP contribution in [0.4, 0.5) is 5.82 Å². The van der Waals surface area contributed by atoms with Gasteiger partial charge in [-0.2, -0.15) is 10.2 Å². The zero-order valence-electron chi connectivity index (χ0n) is 19.7. The highest BCUT2D eigenvalue weighted by molar-refractivity contribution is 7.27. The monoisotopic (exact) mass is 483 g/mol. The first kappa shape index (κ1) is 21.7. The summed E-state index contributed by atoms with van der Waals surface area (Å²) in [5, 5.41) is 13.0. The molecule has 0 bridgehead atoms. The number of carbonyl (C=O) groups is 1. The van der Waals surface area contributed by atoms with E-state index in [0.29, 0.717) is 0 Å². The third-order valence-corrected chi connectivity index (χ3v) is 7.01. The highest BCUT2D eigenvalue weighted by atomic mass is 31.0. The van der Waals surface area contributed by atoms with Gasteiger partial charge in [-0.3, -0.25) is 9.48 Å². The van der Waals surface area contributed by atoms with E-state index in [0.717, 1.165) is 88.0 Å². The van der Waals surface area contributed by atoms with Gasteiger partial charge >= 0.3 is 0 Å². The lowest BCUT2D eigenvalue weighted by atomic mass is 10.0. The van der Waals surface area contributed by atoms with Crippen LogP contribution in [0.2, 0.25) is 0 Å². The first-order valence-electron chi connectivity index (χ1n) is 11.6. The van der Waals surface area contributed by atoms with Crippen molar-refractivity contribution < 1.29 is 4.79 Å². The molecule has 1 atom stereocenters. The molecule has 1 unspecified atom stereocenters. The van der Waals surface area contributed by atoms with Crippen LogP contribution >= 0.6 is 9.24 Å². The number of hydrogen-bond acceptors (Lipinski definition) is 5. The van der Waals surface area contributed by atoms with Gasteiger partial charge in [0.2, 0.25) is 6.41 Å². The van der Waals surface area contributed by atoms with Crippen molar-refractivity contribution in [1.29, 1.82) is 0 Å². The van der Waals surface area contributed by atoms with Crippen molar-refractivity contribution in [3.63, 3.8) is 0 Å². The summed E-state index contributed by atoms with van der Waals surface area (Å²) in [6.07, 6.45) is 4.85. The van der Waals surface area contributed by atoms with Gasteiger partial charge < -0.3 is 9.80 Å². The van der Waals surface area contributed by atoms with E-state index in [1.54, 1.807) is 4.90 Å². The molecule has 1 aliphatic rings. The molecule has 35 heavy (non-hydrogen) atoms. The normalized spacial score (nSPS) is 14.3. The van der Waals surface area contributed by atoms with E-state index in [1.807, 2.05) is 47.0 Å². The maximum absolute atomic E-state index is 11.0. The number of carbonyl (C=O) groups excluding carboxylic acids is 1. The van der Waals surface area contributed by atoms with Crippen LogP contribution in [0, 0.1) is 6.92 Å². The molecule has 2 aromatic carbocycles. The second kappa shape index (κ2) is 8.47. The second-order valence-corrected chi connectivity index (χ2v) is 9.71. The van der Waals surface area contributed by atoms with E-state index in [-0.39, 0.29) is 0 Å². The van der Waals surface area contributed by atoms with Gasteiger partial charge in [0.05, 0.1) is 22.9 Å². The smallest absolute Gasteiger partial charge is 0.209 e. The number of amides is 1. The van der Waals surface area contributed by atoms with Gasteiger partial charge in [0.1, 0.15) is 11.5 Å². The highest BCUT2D eigenvalue weighted by Gasteiger charge is 2.20. The van der Waals surface area contributed by atoms with E-state index >= 15 is 0 Å². The molecule has 1 amide bonds. The number of piperazine rings is 1. The Morgan fingerprint density at radius 1 is 1.00 bits per heavy atom. The van der Waals surface area contributed by atoms with Crippen LogP contribution in [0.3, 0.4) is 0 Å². The SMILES string of the molecule is Cc1cc(P)cc2c(-c3cccc4nn(C)cc34)nn(-c3ccc(N4CCN(C=O)CC4)nc3)c12. The van der Waals surface area contributed by atoms with Crippen LogP contribution in [-0.2, 0) is 11.8 Å². The quantitative estimate of drug-likeness (QED) is 0.290. The lowest BCUT2D eigenvalue weighted by Crippen LogP contribution is -2.46. The first-order valence-corrected chi connectivity index (χ1v) is 12.2. The summed E-state index contributed by atoms with van der Waals surface area (Å²) >= 11 is 0. The summed E-state index contributed by atoms with van der Waals surface area (Å²) in [7, 11) is 4.76. The van der Waals surface area contributed by atoms with E-state index in [4.69, 9.17) is 10.1 Å². The molecule has 8 nitrogen and oxygen atoms in total. The number of nitrogens with zero attached hydrogens (tertiary/aromatic N) is 7. The van der Waals surface area contributed by atoms with Crippen LogP contribution in [0.5, 0.6) is 0 Å². The van der Waals surface area contributed by atoms with Crippen molar-refractivity contribution in [1.82, 2.24) is 29.4 Å². The third-order valence-electron chi connectivity index (χ3n) is 6.67. The van der Waals surface area contributed by atoms with E-state index in [9.17, 15) is 4.79 Å². The Morgan fingerprint density at radius 2 is 1.83 bits per heavy atom. The summed E-state index contributed by atoms with van der Waals surface area (Å²) in [5.41, 5.74) is 6.08. The summed E-state index contributed by atoms with van der Waals surface area (Å²) in [6, 6.07) is 14.6. The van der Waals surface area contributed by atoms with Gasteiger partial charge in [-0.25, -0.2) is 9.67 Å². The lowest BCUT2D eigenvalue weighted by molar-refractivity contribution is -0.118. The molecule has 0 N–H and O–H groups in total. The molecule has 5 aromatic rings. The average molecular weight is 484 g/mol. The first-order chi connectivity index (χ1) is 17.0. The fourth-order valence-electron chi connectivity index (χ4n) is 4.97. The average Bonchev–Trinajstić information content (AvgIpc) is 3.44. The van der Waals surface area contributed by atoms with E-state index < -0.39 is 0 Å². The van der Waals surface area contributed by atoms with Crippen LogP contribution in [0.25, 0.3) is 38.8 Å². The Morgan fingerprint density at radius 3 is 2.57 bits per heavy atom.